The summed E-state index contributed by atoms with van der Waals surface area (Å²) in [7, 11) is 1.64. The van der Waals surface area contributed by atoms with Gasteiger partial charge < -0.3 is 33.2 Å². The van der Waals surface area contributed by atoms with Crippen molar-refractivity contribution in [2.45, 2.75) is 26.2 Å². The Balaban J connectivity index is 1.85. The molecule has 0 radical (unpaired) electrons. The Labute approximate surface area is 192 Å². The highest BCUT2D eigenvalue weighted by Crippen LogP contribution is 2.19. The van der Waals surface area contributed by atoms with E-state index in [0.717, 1.165) is 6.42 Å². The lowest BCUT2D eigenvalue weighted by Crippen LogP contribution is -2.15. The van der Waals surface area contributed by atoms with Gasteiger partial charge in [-0.2, -0.15) is 0 Å². The second kappa shape index (κ2) is 20.1. The predicted molar refractivity (Wildman–Crippen MR) is 121 cm³/mol. The lowest BCUT2D eigenvalue weighted by molar-refractivity contribution is -0.0178. The van der Waals surface area contributed by atoms with Crippen LogP contribution in [0, 0.1) is 0 Å². The van der Waals surface area contributed by atoms with E-state index in [4.69, 9.17) is 33.2 Å². The van der Waals surface area contributed by atoms with Crippen LogP contribution in [0.5, 0.6) is 0 Å². The molecule has 0 amide bonds. The summed E-state index contributed by atoms with van der Waals surface area (Å²) in [5.74, 6) is 0.151. The Morgan fingerprint density at radius 3 is 1.50 bits per heavy atom. The van der Waals surface area contributed by atoms with E-state index in [9.17, 15) is 4.79 Å². The van der Waals surface area contributed by atoms with Crippen LogP contribution in [0.3, 0.4) is 0 Å². The topological polar surface area (TPSA) is 81.7 Å². The van der Waals surface area contributed by atoms with Gasteiger partial charge in [0.2, 0.25) is 0 Å². The zero-order chi connectivity index (χ0) is 23.3. The van der Waals surface area contributed by atoms with Crippen molar-refractivity contribution >= 4 is 5.97 Å². The summed E-state index contributed by atoms with van der Waals surface area (Å²) in [4.78, 5) is 12.0. The molecule has 0 bridgehead atoms. The zero-order valence-electron chi connectivity index (χ0n) is 19.8. The van der Waals surface area contributed by atoms with Gasteiger partial charge in [-0.25, -0.2) is 4.79 Å². The molecular formula is C24H40O8. The summed E-state index contributed by atoms with van der Waals surface area (Å²) >= 11 is 0. The number of esters is 1. The van der Waals surface area contributed by atoms with Gasteiger partial charge in [0.05, 0.1) is 78.2 Å². The quantitative estimate of drug-likeness (QED) is 0.206. The molecule has 0 aliphatic heterocycles. The third-order valence-corrected chi connectivity index (χ3v) is 4.71. The maximum Gasteiger partial charge on any atom is 0.338 e. The fourth-order valence-corrected chi connectivity index (χ4v) is 2.58. The second-order valence-corrected chi connectivity index (χ2v) is 7.12. The second-order valence-electron chi connectivity index (χ2n) is 7.12. The summed E-state index contributed by atoms with van der Waals surface area (Å²) in [6, 6.07) is 7.59. The largest absolute Gasteiger partial charge is 0.460 e. The van der Waals surface area contributed by atoms with E-state index in [1.807, 2.05) is 24.3 Å². The normalized spacial score (nSPS) is 12.1. The summed E-state index contributed by atoms with van der Waals surface area (Å²) in [5, 5.41) is 0. The van der Waals surface area contributed by atoms with Gasteiger partial charge in [-0.3, -0.25) is 0 Å². The third-order valence-electron chi connectivity index (χ3n) is 4.71. The van der Waals surface area contributed by atoms with Crippen LogP contribution in [-0.2, 0) is 33.2 Å². The van der Waals surface area contributed by atoms with E-state index in [2.05, 4.69) is 13.8 Å². The number of hydrogen-bond donors (Lipinski definition) is 0. The van der Waals surface area contributed by atoms with E-state index in [-0.39, 0.29) is 12.6 Å². The molecular weight excluding hydrogens is 416 g/mol. The van der Waals surface area contributed by atoms with Crippen LogP contribution >= 0.6 is 0 Å². The van der Waals surface area contributed by atoms with E-state index in [0.29, 0.717) is 84.2 Å². The highest BCUT2D eigenvalue weighted by Gasteiger charge is 2.08. The van der Waals surface area contributed by atoms with Gasteiger partial charge in [-0.1, -0.05) is 26.0 Å². The number of hydrogen-bond acceptors (Lipinski definition) is 8. The van der Waals surface area contributed by atoms with E-state index < -0.39 is 0 Å². The van der Waals surface area contributed by atoms with Gasteiger partial charge in [0.15, 0.2) is 0 Å². The molecule has 1 aromatic carbocycles. The molecule has 0 aliphatic rings. The first-order valence-corrected chi connectivity index (χ1v) is 11.3. The van der Waals surface area contributed by atoms with Crippen LogP contribution in [0.15, 0.2) is 24.3 Å². The molecule has 0 saturated heterocycles. The van der Waals surface area contributed by atoms with Crippen LogP contribution in [0.1, 0.15) is 42.1 Å². The first-order valence-electron chi connectivity index (χ1n) is 11.3. The van der Waals surface area contributed by atoms with Crippen LogP contribution < -0.4 is 0 Å². The van der Waals surface area contributed by atoms with Gasteiger partial charge in [-0.05, 0) is 30.0 Å². The molecule has 0 aromatic heterocycles. The van der Waals surface area contributed by atoms with E-state index in [1.54, 1.807) is 7.11 Å². The SMILES string of the molecule is CCC(C)c1ccc(C(=O)OCCOCCOCCOCCOCCOCCOC)cc1. The third kappa shape index (κ3) is 14.5. The monoisotopic (exact) mass is 456 g/mol. The average Bonchev–Trinajstić information content (AvgIpc) is 2.82. The Morgan fingerprint density at radius 2 is 1.09 bits per heavy atom. The standard InChI is InChI=1S/C24H40O8/c1-4-21(2)22-5-7-23(8-6-22)24(25)32-20-19-31-18-17-30-16-15-29-14-13-28-12-11-27-10-9-26-3/h5-8,21H,4,9-20H2,1-3H3. The molecule has 0 fully saturated rings. The minimum atomic E-state index is -0.333. The maximum atomic E-state index is 12.0. The van der Waals surface area contributed by atoms with Gasteiger partial charge in [0, 0.05) is 7.11 Å². The highest BCUT2D eigenvalue weighted by molar-refractivity contribution is 5.89. The fourth-order valence-electron chi connectivity index (χ4n) is 2.58. The van der Waals surface area contributed by atoms with Crippen molar-refractivity contribution in [2.24, 2.45) is 0 Å². The Hall–Kier alpha value is -1.55. The van der Waals surface area contributed by atoms with Crippen molar-refractivity contribution in [3.63, 3.8) is 0 Å². The highest BCUT2D eigenvalue weighted by atomic mass is 16.6. The predicted octanol–water partition coefficient (Wildman–Crippen LogP) is 3.09. The summed E-state index contributed by atoms with van der Waals surface area (Å²) in [6.45, 7) is 10.1. The molecule has 32 heavy (non-hydrogen) atoms. The van der Waals surface area contributed by atoms with Gasteiger partial charge in [-0.15, -0.1) is 0 Å². The number of ether oxygens (including phenoxy) is 7. The molecule has 0 saturated carbocycles. The number of methoxy groups -OCH3 is 1. The van der Waals surface area contributed by atoms with Crippen molar-refractivity contribution in [1.82, 2.24) is 0 Å². The molecule has 1 rings (SSSR count). The Bertz CT molecular complexity index is 564. The van der Waals surface area contributed by atoms with E-state index >= 15 is 0 Å². The number of rotatable bonds is 21. The summed E-state index contributed by atoms with van der Waals surface area (Å²) in [6.07, 6.45) is 1.07. The molecule has 184 valence electrons. The Morgan fingerprint density at radius 1 is 0.688 bits per heavy atom. The van der Waals surface area contributed by atoms with Gasteiger partial charge in [0.1, 0.15) is 6.61 Å². The van der Waals surface area contributed by atoms with Crippen LogP contribution in [0.4, 0.5) is 0 Å². The molecule has 0 heterocycles. The lowest BCUT2D eigenvalue weighted by atomic mass is 9.98. The van der Waals surface area contributed by atoms with E-state index in [1.165, 1.54) is 5.56 Å². The number of carbonyl (C=O) groups is 1. The first-order chi connectivity index (χ1) is 15.7. The average molecular weight is 457 g/mol. The molecule has 0 N–H and O–H groups in total. The van der Waals surface area contributed by atoms with Crippen molar-refractivity contribution in [3.05, 3.63) is 35.4 Å². The molecule has 8 heteroatoms. The van der Waals surface area contributed by atoms with Crippen LogP contribution in [0.2, 0.25) is 0 Å². The van der Waals surface area contributed by atoms with Crippen molar-refractivity contribution in [2.75, 3.05) is 86.4 Å². The van der Waals surface area contributed by atoms with Crippen LogP contribution in [-0.4, -0.2) is 92.4 Å². The number of carbonyl (C=O) groups excluding carboxylic acids is 1. The van der Waals surface area contributed by atoms with Crippen LogP contribution in [0.25, 0.3) is 0 Å². The number of benzene rings is 1. The molecule has 0 aliphatic carbocycles. The molecule has 8 nitrogen and oxygen atoms in total. The lowest BCUT2D eigenvalue weighted by Gasteiger charge is -2.10. The Kier molecular flexibility index (Phi) is 17.9. The zero-order valence-corrected chi connectivity index (χ0v) is 19.8. The molecule has 1 atom stereocenters. The van der Waals surface area contributed by atoms with Crippen molar-refractivity contribution in [1.29, 1.82) is 0 Å². The van der Waals surface area contributed by atoms with Gasteiger partial charge in [0.25, 0.3) is 0 Å². The smallest absolute Gasteiger partial charge is 0.338 e. The molecule has 1 unspecified atom stereocenters. The molecule has 0 spiro atoms. The summed E-state index contributed by atoms with van der Waals surface area (Å²) < 4.78 is 37.0. The maximum absolute atomic E-state index is 12.0. The minimum Gasteiger partial charge on any atom is -0.460 e. The molecule has 1 aromatic rings. The minimum absolute atomic E-state index is 0.215. The van der Waals surface area contributed by atoms with Gasteiger partial charge >= 0.3 is 5.97 Å². The first kappa shape index (κ1) is 28.5. The van der Waals surface area contributed by atoms with Crippen molar-refractivity contribution < 1.29 is 38.0 Å². The summed E-state index contributed by atoms with van der Waals surface area (Å²) in [5.41, 5.74) is 1.78. The van der Waals surface area contributed by atoms with Crippen molar-refractivity contribution in [3.8, 4) is 0 Å². The fraction of sp³-hybridized carbons (Fsp3) is 0.708.